The lowest BCUT2D eigenvalue weighted by Gasteiger charge is -2.09. The zero-order valence-electron chi connectivity index (χ0n) is 16.4. The van der Waals surface area contributed by atoms with E-state index < -0.39 is 0 Å². The summed E-state index contributed by atoms with van der Waals surface area (Å²) in [7, 11) is 3.88. The van der Waals surface area contributed by atoms with Gasteiger partial charge in [0.15, 0.2) is 5.69 Å². The van der Waals surface area contributed by atoms with Crippen LogP contribution in [0.15, 0.2) is 48.7 Å². The van der Waals surface area contributed by atoms with Crippen molar-refractivity contribution < 1.29 is 9.59 Å². The minimum Gasteiger partial charge on any atom is -0.348 e. The first-order valence-electron chi connectivity index (χ1n) is 9.20. The summed E-state index contributed by atoms with van der Waals surface area (Å²) in [6.45, 7) is 3.63. The number of imidazole rings is 1. The Hall–Kier alpha value is -3.19. The second-order valence-corrected chi connectivity index (χ2v) is 6.91. The molecule has 7 nitrogen and oxygen atoms in total. The van der Waals surface area contributed by atoms with Gasteiger partial charge in [0.1, 0.15) is 0 Å². The average Bonchev–Trinajstić information content (AvgIpc) is 3.07. The quantitative estimate of drug-likeness (QED) is 0.657. The molecule has 0 atom stereocenters. The molecule has 7 heteroatoms. The number of pyridine rings is 1. The van der Waals surface area contributed by atoms with E-state index >= 15 is 0 Å². The fraction of sp³-hybridized carbons (Fsp3) is 0.286. The van der Waals surface area contributed by atoms with Crippen molar-refractivity contribution in [2.24, 2.45) is 0 Å². The number of likely N-dealkylation sites (N-methyl/N-ethyl adjacent to an activating group) is 1. The second kappa shape index (κ2) is 8.67. The monoisotopic (exact) mass is 379 g/mol. The van der Waals surface area contributed by atoms with Crippen LogP contribution in [0.4, 0.5) is 0 Å². The number of carbonyl (C=O) groups is 2. The summed E-state index contributed by atoms with van der Waals surface area (Å²) >= 11 is 0. The van der Waals surface area contributed by atoms with Crippen molar-refractivity contribution in [1.29, 1.82) is 0 Å². The van der Waals surface area contributed by atoms with Gasteiger partial charge in [-0.25, -0.2) is 4.98 Å². The molecular weight excluding hydrogens is 354 g/mol. The zero-order valence-corrected chi connectivity index (χ0v) is 16.4. The van der Waals surface area contributed by atoms with Crippen LogP contribution < -0.4 is 10.6 Å². The summed E-state index contributed by atoms with van der Waals surface area (Å²) in [6, 6.07) is 13.3. The third-order valence-electron chi connectivity index (χ3n) is 4.51. The van der Waals surface area contributed by atoms with Gasteiger partial charge in [-0.1, -0.05) is 30.3 Å². The molecule has 146 valence electrons. The molecule has 0 bridgehead atoms. The summed E-state index contributed by atoms with van der Waals surface area (Å²) in [5.74, 6) is -0.407. The van der Waals surface area contributed by atoms with Crippen LogP contribution in [0.25, 0.3) is 5.52 Å². The zero-order chi connectivity index (χ0) is 20.1. The molecule has 3 aromatic rings. The van der Waals surface area contributed by atoms with E-state index in [1.807, 2.05) is 56.3 Å². The lowest BCUT2D eigenvalue weighted by molar-refractivity contribution is 0.0940. The van der Waals surface area contributed by atoms with Gasteiger partial charge in [-0.15, -0.1) is 0 Å². The summed E-state index contributed by atoms with van der Waals surface area (Å²) in [5.41, 5.74) is 2.99. The Bertz CT molecular complexity index is 993. The molecule has 2 amide bonds. The van der Waals surface area contributed by atoms with Crippen LogP contribution in [0.2, 0.25) is 0 Å². The molecule has 0 unspecified atom stereocenters. The number of hydrogen-bond acceptors (Lipinski definition) is 4. The molecule has 0 radical (unpaired) electrons. The molecule has 3 rings (SSSR count). The summed E-state index contributed by atoms with van der Waals surface area (Å²) in [5, 5.41) is 5.75. The van der Waals surface area contributed by atoms with Crippen molar-refractivity contribution >= 4 is 17.3 Å². The van der Waals surface area contributed by atoms with E-state index in [1.54, 1.807) is 22.7 Å². The smallest absolute Gasteiger partial charge is 0.287 e. The highest BCUT2D eigenvalue weighted by molar-refractivity contribution is 6.02. The van der Waals surface area contributed by atoms with Gasteiger partial charge in [0.05, 0.1) is 5.52 Å². The highest BCUT2D eigenvalue weighted by Crippen LogP contribution is 2.14. The Morgan fingerprint density at radius 1 is 1.04 bits per heavy atom. The van der Waals surface area contributed by atoms with Gasteiger partial charge in [-0.05, 0) is 44.3 Å². The number of nitrogens with zero attached hydrogens (tertiary/aromatic N) is 3. The van der Waals surface area contributed by atoms with Crippen molar-refractivity contribution in [3.8, 4) is 0 Å². The van der Waals surface area contributed by atoms with Crippen LogP contribution in [0.3, 0.4) is 0 Å². The Labute approximate surface area is 164 Å². The maximum atomic E-state index is 12.8. The summed E-state index contributed by atoms with van der Waals surface area (Å²) < 4.78 is 1.65. The number of amides is 2. The molecule has 0 saturated heterocycles. The number of aromatic nitrogens is 2. The van der Waals surface area contributed by atoms with Gasteiger partial charge in [0.2, 0.25) is 5.82 Å². The van der Waals surface area contributed by atoms with Crippen LogP contribution in [-0.4, -0.2) is 53.3 Å². The minimum atomic E-state index is -0.306. The molecule has 0 fully saturated rings. The molecule has 28 heavy (non-hydrogen) atoms. The molecule has 0 spiro atoms. The predicted molar refractivity (Wildman–Crippen MR) is 108 cm³/mol. The van der Waals surface area contributed by atoms with Crippen molar-refractivity contribution in [3.63, 3.8) is 0 Å². The molecule has 0 aliphatic rings. The Morgan fingerprint density at radius 3 is 2.54 bits per heavy atom. The number of rotatable bonds is 7. The lowest BCUT2D eigenvalue weighted by Crippen LogP contribution is -2.32. The molecule has 0 aliphatic carbocycles. The van der Waals surface area contributed by atoms with Crippen LogP contribution in [-0.2, 0) is 6.54 Å². The van der Waals surface area contributed by atoms with Crippen LogP contribution in [0, 0.1) is 6.92 Å². The maximum absolute atomic E-state index is 12.8. The Balaban J connectivity index is 1.80. The maximum Gasteiger partial charge on any atom is 0.287 e. The highest BCUT2D eigenvalue weighted by atomic mass is 16.2. The van der Waals surface area contributed by atoms with Gasteiger partial charge in [-0.3, -0.25) is 14.0 Å². The lowest BCUT2D eigenvalue weighted by atomic mass is 10.1. The summed E-state index contributed by atoms with van der Waals surface area (Å²) in [4.78, 5) is 31.6. The fourth-order valence-electron chi connectivity index (χ4n) is 2.90. The van der Waals surface area contributed by atoms with Crippen LogP contribution in [0.5, 0.6) is 0 Å². The molecule has 2 N–H and O–H groups in total. The van der Waals surface area contributed by atoms with Gasteiger partial charge >= 0.3 is 0 Å². The van der Waals surface area contributed by atoms with E-state index in [-0.39, 0.29) is 23.3 Å². The summed E-state index contributed by atoms with van der Waals surface area (Å²) in [6.07, 6.45) is 1.74. The number of aryl methyl sites for hydroxylation is 1. The van der Waals surface area contributed by atoms with Crippen LogP contribution >= 0.6 is 0 Å². The van der Waals surface area contributed by atoms with E-state index in [4.69, 9.17) is 0 Å². The van der Waals surface area contributed by atoms with Gasteiger partial charge in [-0.2, -0.15) is 0 Å². The van der Waals surface area contributed by atoms with Gasteiger partial charge in [0.25, 0.3) is 11.8 Å². The van der Waals surface area contributed by atoms with Crippen molar-refractivity contribution in [1.82, 2.24) is 24.9 Å². The minimum absolute atomic E-state index is 0.204. The van der Waals surface area contributed by atoms with E-state index in [0.717, 1.165) is 17.7 Å². The molecule has 1 aromatic carbocycles. The number of fused-ring (bicyclic) bond motifs is 1. The van der Waals surface area contributed by atoms with Gasteiger partial charge < -0.3 is 15.5 Å². The normalized spacial score (nSPS) is 11.0. The topological polar surface area (TPSA) is 78.7 Å². The Morgan fingerprint density at radius 2 is 1.79 bits per heavy atom. The van der Waals surface area contributed by atoms with Crippen molar-refractivity contribution in [2.75, 3.05) is 27.2 Å². The van der Waals surface area contributed by atoms with Crippen molar-refractivity contribution in [2.45, 2.75) is 13.5 Å². The SMILES string of the molecule is Cc1ccccc1CNC(=O)c1nc(C(=O)NCCN(C)C)n2ccccc12. The van der Waals surface area contributed by atoms with E-state index in [2.05, 4.69) is 15.6 Å². The van der Waals surface area contributed by atoms with E-state index in [9.17, 15) is 9.59 Å². The first-order chi connectivity index (χ1) is 13.5. The largest absolute Gasteiger partial charge is 0.348 e. The first-order valence-corrected chi connectivity index (χ1v) is 9.20. The molecule has 2 aromatic heterocycles. The number of hydrogen-bond donors (Lipinski definition) is 2. The third-order valence-corrected chi connectivity index (χ3v) is 4.51. The van der Waals surface area contributed by atoms with E-state index in [1.165, 1.54) is 0 Å². The predicted octanol–water partition coefficient (Wildman–Crippen LogP) is 1.86. The second-order valence-electron chi connectivity index (χ2n) is 6.91. The van der Waals surface area contributed by atoms with Crippen LogP contribution in [0.1, 0.15) is 32.2 Å². The van der Waals surface area contributed by atoms with E-state index in [0.29, 0.717) is 18.6 Å². The fourth-order valence-corrected chi connectivity index (χ4v) is 2.90. The molecule has 0 aliphatic heterocycles. The highest BCUT2D eigenvalue weighted by Gasteiger charge is 2.21. The number of benzene rings is 1. The number of nitrogens with one attached hydrogen (secondary N) is 2. The molecule has 2 heterocycles. The standard InChI is InChI=1S/C21H25N5O2/c1-15-8-4-5-9-16(15)14-23-20(27)18-17-10-6-7-12-26(17)19(24-18)21(28)22-11-13-25(2)3/h4-10,12H,11,13-14H2,1-3H3,(H,22,28)(H,23,27). The molecule has 0 saturated carbocycles. The third kappa shape index (κ3) is 4.37. The first kappa shape index (κ1) is 19.6. The average molecular weight is 379 g/mol. The van der Waals surface area contributed by atoms with Crippen molar-refractivity contribution in [3.05, 3.63) is 71.3 Å². The Kier molecular flexibility index (Phi) is 6.06. The van der Waals surface area contributed by atoms with Gasteiger partial charge in [0, 0.05) is 25.8 Å². The molecular formula is C21H25N5O2. The number of carbonyl (C=O) groups excluding carboxylic acids is 2.